The van der Waals surface area contributed by atoms with E-state index in [0.29, 0.717) is 22.2 Å². The standard InChI is InChI=1S/C19H20Cl2N2O2S/c1-2-3-7-18(24)22-15-5-4-6-17(11-15)26-12-19(25)23-16-9-13(20)8-14(21)10-16/h4-6,8-11H,2-3,7,12H2,1H3,(H,22,24)(H,23,25). The molecule has 2 N–H and O–H groups in total. The Morgan fingerprint density at radius 1 is 0.962 bits per heavy atom. The average Bonchev–Trinajstić information content (AvgIpc) is 2.57. The van der Waals surface area contributed by atoms with Crippen LogP contribution in [0.5, 0.6) is 0 Å². The molecule has 2 rings (SSSR count). The number of carbonyl (C=O) groups excluding carboxylic acids is 2. The summed E-state index contributed by atoms with van der Waals surface area (Å²) in [4.78, 5) is 24.8. The van der Waals surface area contributed by atoms with E-state index in [-0.39, 0.29) is 17.6 Å². The van der Waals surface area contributed by atoms with Crippen LogP contribution in [0.25, 0.3) is 0 Å². The lowest BCUT2D eigenvalue weighted by Gasteiger charge is -2.08. The first-order chi connectivity index (χ1) is 12.5. The number of unbranched alkanes of at least 4 members (excludes halogenated alkanes) is 1. The summed E-state index contributed by atoms with van der Waals surface area (Å²) < 4.78 is 0. The van der Waals surface area contributed by atoms with Gasteiger partial charge < -0.3 is 10.6 Å². The number of anilines is 2. The molecule has 0 aliphatic carbocycles. The van der Waals surface area contributed by atoms with Gasteiger partial charge in [0.25, 0.3) is 0 Å². The highest BCUT2D eigenvalue weighted by Gasteiger charge is 2.07. The topological polar surface area (TPSA) is 58.2 Å². The van der Waals surface area contributed by atoms with Crippen LogP contribution in [0, 0.1) is 0 Å². The zero-order valence-electron chi connectivity index (χ0n) is 14.4. The molecule has 0 aromatic heterocycles. The van der Waals surface area contributed by atoms with Crippen molar-refractivity contribution in [3.05, 3.63) is 52.5 Å². The van der Waals surface area contributed by atoms with Gasteiger partial charge in [0.2, 0.25) is 11.8 Å². The number of halogens is 2. The molecule has 0 radical (unpaired) electrons. The number of benzene rings is 2. The Kier molecular flexibility index (Phi) is 8.29. The van der Waals surface area contributed by atoms with Crippen molar-refractivity contribution in [3.63, 3.8) is 0 Å². The summed E-state index contributed by atoms with van der Waals surface area (Å²) in [5.41, 5.74) is 1.29. The Bertz CT molecular complexity index is 764. The van der Waals surface area contributed by atoms with Crippen molar-refractivity contribution >= 4 is 58.2 Å². The van der Waals surface area contributed by atoms with E-state index in [9.17, 15) is 9.59 Å². The van der Waals surface area contributed by atoms with Crippen molar-refractivity contribution in [2.45, 2.75) is 31.1 Å². The first-order valence-corrected chi connectivity index (χ1v) is 9.99. The second-order valence-electron chi connectivity index (χ2n) is 5.67. The lowest BCUT2D eigenvalue weighted by molar-refractivity contribution is -0.116. The van der Waals surface area contributed by atoms with Gasteiger partial charge in [0.05, 0.1) is 5.75 Å². The van der Waals surface area contributed by atoms with Crippen molar-refractivity contribution < 1.29 is 9.59 Å². The predicted octanol–water partition coefficient (Wildman–Crippen LogP) is 5.85. The van der Waals surface area contributed by atoms with Crippen LogP contribution < -0.4 is 10.6 Å². The van der Waals surface area contributed by atoms with Gasteiger partial charge in [-0.15, -0.1) is 11.8 Å². The highest BCUT2D eigenvalue weighted by molar-refractivity contribution is 8.00. The normalized spacial score (nSPS) is 10.4. The third-order valence-corrected chi connectivity index (χ3v) is 4.82. The van der Waals surface area contributed by atoms with Crippen molar-refractivity contribution in [2.24, 2.45) is 0 Å². The van der Waals surface area contributed by atoms with Gasteiger partial charge in [-0.2, -0.15) is 0 Å². The van der Waals surface area contributed by atoms with E-state index in [2.05, 4.69) is 10.6 Å². The lowest BCUT2D eigenvalue weighted by Crippen LogP contribution is -2.14. The second kappa shape index (κ2) is 10.5. The molecule has 138 valence electrons. The average molecular weight is 411 g/mol. The molecule has 7 heteroatoms. The van der Waals surface area contributed by atoms with Crippen LogP contribution in [0.2, 0.25) is 10.0 Å². The van der Waals surface area contributed by atoms with Crippen molar-refractivity contribution in [1.82, 2.24) is 0 Å². The van der Waals surface area contributed by atoms with Crippen molar-refractivity contribution in [1.29, 1.82) is 0 Å². The summed E-state index contributed by atoms with van der Waals surface area (Å²) in [6.45, 7) is 2.05. The van der Waals surface area contributed by atoms with Crippen molar-refractivity contribution in [3.8, 4) is 0 Å². The fourth-order valence-electron chi connectivity index (χ4n) is 2.20. The van der Waals surface area contributed by atoms with Crippen LogP contribution in [0.15, 0.2) is 47.4 Å². The monoisotopic (exact) mass is 410 g/mol. The van der Waals surface area contributed by atoms with E-state index >= 15 is 0 Å². The minimum absolute atomic E-state index is 0.00424. The SMILES string of the molecule is CCCCC(=O)Nc1cccc(SCC(=O)Nc2cc(Cl)cc(Cl)c2)c1. The Morgan fingerprint density at radius 2 is 1.65 bits per heavy atom. The lowest BCUT2D eigenvalue weighted by atomic mass is 10.2. The number of carbonyl (C=O) groups is 2. The molecule has 0 unspecified atom stereocenters. The van der Waals surface area contributed by atoms with Crippen LogP contribution in [0.1, 0.15) is 26.2 Å². The number of thioether (sulfide) groups is 1. The fraction of sp³-hybridized carbons (Fsp3) is 0.263. The maximum atomic E-state index is 12.1. The second-order valence-corrected chi connectivity index (χ2v) is 7.60. The van der Waals surface area contributed by atoms with Crippen molar-refractivity contribution in [2.75, 3.05) is 16.4 Å². The number of hydrogen-bond donors (Lipinski definition) is 2. The molecule has 0 aliphatic rings. The third kappa shape index (κ3) is 7.28. The molecule has 0 heterocycles. The fourth-order valence-corrected chi connectivity index (χ4v) is 3.48. The molecule has 0 saturated heterocycles. The Labute approximate surface area is 167 Å². The highest BCUT2D eigenvalue weighted by atomic mass is 35.5. The molecule has 2 aromatic carbocycles. The van der Waals surface area contributed by atoms with E-state index in [4.69, 9.17) is 23.2 Å². The van der Waals surface area contributed by atoms with Gasteiger partial charge in [0.15, 0.2) is 0 Å². The van der Waals surface area contributed by atoms with Gasteiger partial charge in [0, 0.05) is 32.7 Å². The van der Waals surface area contributed by atoms with E-state index in [1.54, 1.807) is 18.2 Å². The first-order valence-electron chi connectivity index (χ1n) is 8.25. The number of nitrogens with one attached hydrogen (secondary N) is 2. The van der Waals surface area contributed by atoms with E-state index in [0.717, 1.165) is 23.4 Å². The molecule has 0 spiro atoms. The molecule has 0 fully saturated rings. The smallest absolute Gasteiger partial charge is 0.234 e. The summed E-state index contributed by atoms with van der Waals surface area (Å²) in [7, 11) is 0. The summed E-state index contributed by atoms with van der Waals surface area (Å²) in [5.74, 6) is 0.0764. The van der Waals surface area contributed by atoms with Gasteiger partial charge in [-0.1, -0.05) is 42.6 Å². The molecule has 26 heavy (non-hydrogen) atoms. The van der Waals surface area contributed by atoms with Gasteiger partial charge >= 0.3 is 0 Å². The van der Waals surface area contributed by atoms with Gasteiger partial charge in [-0.3, -0.25) is 9.59 Å². The number of amides is 2. The summed E-state index contributed by atoms with van der Waals surface area (Å²) in [6.07, 6.45) is 2.36. The number of hydrogen-bond acceptors (Lipinski definition) is 3. The van der Waals surface area contributed by atoms with Gasteiger partial charge in [-0.05, 0) is 42.8 Å². The molecule has 2 aromatic rings. The molecule has 4 nitrogen and oxygen atoms in total. The molecule has 0 aliphatic heterocycles. The third-order valence-electron chi connectivity index (χ3n) is 3.39. The van der Waals surface area contributed by atoms with E-state index in [1.165, 1.54) is 11.8 Å². The minimum atomic E-state index is -0.161. The van der Waals surface area contributed by atoms with Crippen LogP contribution in [-0.4, -0.2) is 17.6 Å². The minimum Gasteiger partial charge on any atom is -0.326 e. The van der Waals surface area contributed by atoms with Gasteiger partial charge in [-0.25, -0.2) is 0 Å². The van der Waals surface area contributed by atoms with E-state index < -0.39 is 0 Å². The zero-order chi connectivity index (χ0) is 18.9. The highest BCUT2D eigenvalue weighted by Crippen LogP contribution is 2.24. The molecule has 0 saturated carbocycles. The largest absolute Gasteiger partial charge is 0.326 e. The maximum absolute atomic E-state index is 12.1. The number of rotatable bonds is 8. The zero-order valence-corrected chi connectivity index (χ0v) is 16.7. The summed E-state index contributed by atoms with van der Waals surface area (Å²) >= 11 is 13.2. The Morgan fingerprint density at radius 3 is 2.35 bits per heavy atom. The van der Waals surface area contributed by atoms with E-state index in [1.807, 2.05) is 31.2 Å². The van der Waals surface area contributed by atoms with Crippen LogP contribution >= 0.6 is 35.0 Å². The Balaban J connectivity index is 1.87. The maximum Gasteiger partial charge on any atom is 0.234 e. The quantitative estimate of drug-likeness (QED) is 0.536. The molecular formula is C19H20Cl2N2O2S. The molecule has 2 amide bonds. The summed E-state index contributed by atoms with van der Waals surface area (Å²) in [5, 5.41) is 6.57. The van der Waals surface area contributed by atoms with Gasteiger partial charge in [0.1, 0.15) is 0 Å². The molecule has 0 bridgehead atoms. The predicted molar refractivity (Wildman–Crippen MR) is 110 cm³/mol. The molecule has 0 atom stereocenters. The van der Waals surface area contributed by atoms with Crippen LogP contribution in [0.4, 0.5) is 11.4 Å². The summed E-state index contributed by atoms with van der Waals surface area (Å²) in [6, 6.07) is 12.3. The first kappa shape index (κ1) is 20.6. The molecular weight excluding hydrogens is 391 g/mol. The Hall–Kier alpha value is -1.69. The van der Waals surface area contributed by atoms with Crippen LogP contribution in [-0.2, 0) is 9.59 Å². The van der Waals surface area contributed by atoms with Crippen LogP contribution in [0.3, 0.4) is 0 Å².